The highest BCUT2D eigenvalue weighted by Crippen LogP contribution is 2.32. The van der Waals surface area contributed by atoms with Crippen LogP contribution in [0.1, 0.15) is 64.2 Å². The highest BCUT2D eigenvalue weighted by Gasteiger charge is 2.34. The molecule has 1 amide bonds. The van der Waals surface area contributed by atoms with Crippen molar-refractivity contribution < 1.29 is 23.1 Å². The number of piperidine rings is 1. The molecule has 8 heteroatoms. The van der Waals surface area contributed by atoms with Gasteiger partial charge in [0.2, 0.25) is 15.9 Å². The summed E-state index contributed by atoms with van der Waals surface area (Å²) in [7, 11) is -2.36. The van der Waals surface area contributed by atoms with Crippen LogP contribution in [0.3, 0.4) is 0 Å². The van der Waals surface area contributed by atoms with E-state index in [0.29, 0.717) is 13.1 Å². The van der Waals surface area contributed by atoms with Crippen molar-refractivity contribution in [1.82, 2.24) is 9.62 Å². The average Bonchev–Trinajstić information content (AvgIpc) is 2.72. The van der Waals surface area contributed by atoms with Crippen LogP contribution in [0.4, 0.5) is 0 Å². The Morgan fingerprint density at radius 2 is 1.77 bits per heavy atom. The number of carbonyl (C=O) groups excluding carboxylic acids is 1. The summed E-state index contributed by atoms with van der Waals surface area (Å²) < 4.78 is 33.1. The number of nitrogens with one attached hydrogen (secondary N) is 1. The topological polar surface area (TPSA) is 95.9 Å². The molecule has 3 rings (SSSR count). The SMILES string of the molecule is COc1cc(S(=O)(=O)N2CCCCC2CNC(=O)C2CCCCCCC2)ccc1O. The van der Waals surface area contributed by atoms with Crippen molar-refractivity contribution in [3.8, 4) is 11.5 Å². The first kappa shape index (κ1) is 22.9. The van der Waals surface area contributed by atoms with Crippen molar-refractivity contribution in [1.29, 1.82) is 0 Å². The Hall–Kier alpha value is -1.80. The number of benzene rings is 1. The Labute approximate surface area is 179 Å². The third kappa shape index (κ3) is 5.46. The van der Waals surface area contributed by atoms with Gasteiger partial charge in [-0.1, -0.05) is 38.5 Å². The van der Waals surface area contributed by atoms with Crippen molar-refractivity contribution in [3.05, 3.63) is 18.2 Å². The van der Waals surface area contributed by atoms with Gasteiger partial charge in [-0.15, -0.1) is 0 Å². The first-order valence-corrected chi connectivity index (χ1v) is 12.5. The van der Waals surface area contributed by atoms with Gasteiger partial charge < -0.3 is 15.2 Å². The highest BCUT2D eigenvalue weighted by atomic mass is 32.2. The zero-order chi connectivity index (χ0) is 21.6. The normalized spacial score (nSPS) is 22.1. The molecule has 1 aliphatic heterocycles. The molecule has 1 saturated carbocycles. The number of hydrogen-bond donors (Lipinski definition) is 2. The number of ether oxygens (including phenoxy) is 1. The Morgan fingerprint density at radius 3 is 2.47 bits per heavy atom. The number of sulfonamides is 1. The third-order valence-electron chi connectivity index (χ3n) is 6.32. The molecule has 1 aliphatic carbocycles. The molecule has 2 aliphatic rings. The number of rotatable bonds is 6. The summed E-state index contributed by atoms with van der Waals surface area (Å²) in [5.74, 6) is 0.131. The fourth-order valence-corrected chi connectivity index (χ4v) is 6.24. The van der Waals surface area contributed by atoms with E-state index >= 15 is 0 Å². The second kappa shape index (κ2) is 10.5. The van der Waals surface area contributed by atoms with Crippen molar-refractivity contribution in [3.63, 3.8) is 0 Å². The minimum atomic E-state index is -3.75. The van der Waals surface area contributed by atoms with Crippen LogP contribution in [0, 0.1) is 5.92 Å². The maximum atomic E-state index is 13.3. The number of carbonyl (C=O) groups is 1. The standard InChI is InChI=1S/C22H34N2O5S/c1-29-21-15-19(12-13-20(21)25)30(27,28)24-14-8-7-11-18(24)16-23-22(26)17-9-5-3-2-4-6-10-17/h12-13,15,17-18,25H,2-11,14,16H2,1H3,(H,23,26). The maximum absolute atomic E-state index is 13.3. The van der Waals surface area contributed by atoms with Crippen molar-refractivity contribution in [2.75, 3.05) is 20.2 Å². The molecule has 1 heterocycles. The summed E-state index contributed by atoms with van der Waals surface area (Å²) in [5, 5.41) is 12.8. The largest absolute Gasteiger partial charge is 0.504 e. The molecule has 1 unspecified atom stereocenters. The Balaban J connectivity index is 1.69. The number of nitrogens with zero attached hydrogens (tertiary/aromatic N) is 1. The van der Waals surface area contributed by atoms with Gasteiger partial charge in [-0.2, -0.15) is 4.31 Å². The fourth-order valence-electron chi connectivity index (χ4n) is 4.53. The van der Waals surface area contributed by atoms with Crippen LogP contribution in [0.15, 0.2) is 23.1 Å². The smallest absolute Gasteiger partial charge is 0.243 e. The van der Waals surface area contributed by atoms with Gasteiger partial charge >= 0.3 is 0 Å². The Morgan fingerprint density at radius 1 is 1.10 bits per heavy atom. The Kier molecular flexibility index (Phi) is 7.99. The predicted molar refractivity (Wildman–Crippen MR) is 115 cm³/mol. The predicted octanol–water partition coefficient (Wildman–Crippen LogP) is 3.42. The number of methoxy groups -OCH3 is 1. The van der Waals surface area contributed by atoms with E-state index in [2.05, 4.69) is 5.32 Å². The van der Waals surface area contributed by atoms with Crippen LogP contribution in [0.5, 0.6) is 11.5 Å². The van der Waals surface area contributed by atoms with Crippen molar-refractivity contribution in [2.45, 2.75) is 75.1 Å². The summed E-state index contributed by atoms with van der Waals surface area (Å²) in [6, 6.07) is 3.82. The molecule has 1 aromatic carbocycles. The highest BCUT2D eigenvalue weighted by molar-refractivity contribution is 7.89. The van der Waals surface area contributed by atoms with Gasteiger partial charge in [0.05, 0.1) is 12.0 Å². The van der Waals surface area contributed by atoms with Gasteiger partial charge in [0.25, 0.3) is 0 Å². The second-order valence-electron chi connectivity index (χ2n) is 8.39. The molecule has 1 atom stereocenters. The van der Waals surface area contributed by atoms with E-state index < -0.39 is 10.0 Å². The molecular formula is C22H34N2O5S. The average molecular weight is 439 g/mol. The van der Waals surface area contributed by atoms with E-state index in [1.807, 2.05) is 0 Å². The van der Waals surface area contributed by atoms with Crippen molar-refractivity contribution >= 4 is 15.9 Å². The first-order valence-electron chi connectivity index (χ1n) is 11.1. The molecule has 0 radical (unpaired) electrons. The molecule has 0 bridgehead atoms. The second-order valence-corrected chi connectivity index (χ2v) is 10.3. The molecular weight excluding hydrogens is 404 g/mol. The van der Waals surface area contributed by atoms with Gasteiger partial charge in [0.15, 0.2) is 11.5 Å². The number of hydrogen-bond acceptors (Lipinski definition) is 5. The van der Waals surface area contributed by atoms with E-state index in [9.17, 15) is 18.3 Å². The number of amides is 1. The molecule has 1 saturated heterocycles. The van der Waals surface area contributed by atoms with Gasteiger partial charge in [-0.25, -0.2) is 8.42 Å². The summed E-state index contributed by atoms with van der Waals surface area (Å²) in [6.07, 6.45) is 10.1. The van der Waals surface area contributed by atoms with E-state index in [1.54, 1.807) is 0 Å². The summed E-state index contributed by atoms with van der Waals surface area (Å²) >= 11 is 0. The number of aromatic hydroxyl groups is 1. The van der Waals surface area contributed by atoms with E-state index in [0.717, 1.165) is 44.9 Å². The van der Waals surface area contributed by atoms with Gasteiger partial charge in [0.1, 0.15) is 0 Å². The zero-order valence-electron chi connectivity index (χ0n) is 17.8. The van der Waals surface area contributed by atoms with Crippen molar-refractivity contribution in [2.24, 2.45) is 5.92 Å². The van der Waals surface area contributed by atoms with Crippen LogP contribution in [0.2, 0.25) is 0 Å². The lowest BCUT2D eigenvalue weighted by Crippen LogP contribution is -2.50. The summed E-state index contributed by atoms with van der Waals surface area (Å²) in [6.45, 7) is 0.763. The minimum absolute atomic E-state index is 0.0420. The molecule has 1 aromatic rings. The Bertz CT molecular complexity index is 819. The third-order valence-corrected chi connectivity index (χ3v) is 8.27. The number of phenolic OH excluding ortho intramolecular Hbond substituents is 1. The number of phenols is 1. The van der Waals surface area contributed by atoms with Crippen LogP contribution in [-0.2, 0) is 14.8 Å². The molecule has 168 valence electrons. The molecule has 0 spiro atoms. The zero-order valence-corrected chi connectivity index (χ0v) is 18.6. The monoisotopic (exact) mass is 438 g/mol. The lowest BCUT2D eigenvalue weighted by Gasteiger charge is -2.35. The quantitative estimate of drug-likeness (QED) is 0.709. The van der Waals surface area contributed by atoms with Gasteiger partial charge in [-0.3, -0.25) is 4.79 Å². The molecule has 7 nitrogen and oxygen atoms in total. The molecule has 2 N–H and O–H groups in total. The summed E-state index contributed by atoms with van der Waals surface area (Å²) in [5.41, 5.74) is 0. The molecule has 30 heavy (non-hydrogen) atoms. The van der Waals surface area contributed by atoms with Crippen LogP contribution < -0.4 is 10.1 Å². The lowest BCUT2D eigenvalue weighted by molar-refractivity contribution is -0.125. The van der Waals surface area contributed by atoms with Gasteiger partial charge in [-0.05, 0) is 37.8 Å². The molecule has 2 fully saturated rings. The first-order chi connectivity index (χ1) is 14.4. The fraction of sp³-hybridized carbons (Fsp3) is 0.682. The van der Waals surface area contributed by atoms with Crippen LogP contribution >= 0.6 is 0 Å². The van der Waals surface area contributed by atoms with E-state index in [4.69, 9.17) is 4.74 Å². The lowest BCUT2D eigenvalue weighted by atomic mass is 9.90. The van der Waals surface area contributed by atoms with Crippen LogP contribution in [-0.4, -0.2) is 50.0 Å². The van der Waals surface area contributed by atoms with E-state index in [-0.39, 0.29) is 34.3 Å². The minimum Gasteiger partial charge on any atom is -0.504 e. The van der Waals surface area contributed by atoms with E-state index in [1.165, 1.54) is 48.9 Å². The summed E-state index contributed by atoms with van der Waals surface area (Å²) in [4.78, 5) is 12.8. The molecule has 0 aromatic heterocycles. The van der Waals surface area contributed by atoms with Crippen LogP contribution in [0.25, 0.3) is 0 Å². The van der Waals surface area contributed by atoms with Gasteiger partial charge in [0, 0.05) is 31.1 Å². The maximum Gasteiger partial charge on any atom is 0.243 e.